The zero-order valence-corrected chi connectivity index (χ0v) is 13.9. The van der Waals surface area contributed by atoms with Gasteiger partial charge in [-0.2, -0.15) is 26.3 Å². The molecule has 3 nitrogen and oxygen atoms in total. The van der Waals surface area contributed by atoms with E-state index >= 15 is 0 Å². The molecule has 0 fully saturated rings. The van der Waals surface area contributed by atoms with Crippen molar-refractivity contribution in [1.29, 1.82) is 0 Å². The summed E-state index contributed by atoms with van der Waals surface area (Å²) in [5, 5.41) is -0.960. The lowest BCUT2D eigenvalue weighted by molar-refractivity contribution is -0.137. The van der Waals surface area contributed by atoms with Crippen LogP contribution in [-0.4, -0.2) is 5.78 Å². The van der Waals surface area contributed by atoms with Gasteiger partial charge in [0.25, 0.3) is 0 Å². The molecule has 0 aliphatic heterocycles. The van der Waals surface area contributed by atoms with E-state index in [1.54, 1.807) is 0 Å². The van der Waals surface area contributed by atoms with E-state index in [4.69, 9.17) is 34.7 Å². The van der Waals surface area contributed by atoms with Crippen molar-refractivity contribution in [3.05, 3.63) is 56.6 Å². The number of anilines is 2. The van der Waals surface area contributed by atoms with Crippen LogP contribution in [0.3, 0.4) is 0 Å². The van der Waals surface area contributed by atoms with Gasteiger partial charge in [-0.15, -0.1) is 0 Å². The van der Waals surface area contributed by atoms with Crippen LogP contribution in [0.2, 0.25) is 10.0 Å². The van der Waals surface area contributed by atoms with Crippen LogP contribution in [-0.2, 0) is 12.4 Å². The van der Waals surface area contributed by atoms with Crippen LogP contribution in [0.15, 0.2) is 24.3 Å². The average molecular weight is 417 g/mol. The Balaban J connectivity index is 2.72. The number of halogens is 8. The number of carbonyl (C=O) groups excluding carboxylic acids is 1. The smallest absolute Gasteiger partial charge is 0.398 e. The normalized spacial score (nSPS) is 12.3. The molecule has 0 spiro atoms. The summed E-state index contributed by atoms with van der Waals surface area (Å²) < 4.78 is 78.0. The molecule has 0 aliphatic rings. The van der Waals surface area contributed by atoms with Crippen LogP contribution < -0.4 is 11.5 Å². The standard InChI is InChI=1S/C15H8Cl2F6N2O/c16-5-1-7(11(24)9(3-5)14(18,19)20)13(26)8-2-6(17)4-10(12(8)25)15(21,22)23/h1-4H,24-25H2. The Bertz CT molecular complexity index is 822. The van der Waals surface area contributed by atoms with Gasteiger partial charge in [0.2, 0.25) is 0 Å². The second-order valence-electron chi connectivity index (χ2n) is 5.15. The minimum atomic E-state index is -4.93. The van der Waals surface area contributed by atoms with E-state index in [9.17, 15) is 31.1 Å². The molecule has 0 amide bonds. The molecule has 11 heteroatoms. The van der Waals surface area contributed by atoms with E-state index in [-0.39, 0.29) is 0 Å². The van der Waals surface area contributed by atoms with Gasteiger partial charge in [-0.05, 0) is 24.3 Å². The Morgan fingerprint density at radius 2 is 1.04 bits per heavy atom. The Morgan fingerprint density at radius 3 is 1.31 bits per heavy atom. The van der Waals surface area contributed by atoms with Crippen molar-refractivity contribution < 1.29 is 31.1 Å². The zero-order chi connectivity index (χ0) is 20.0. The second kappa shape index (κ2) is 6.55. The topological polar surface area (TPSA) is 69.1 Å². The Hall–Kier alpha value is -2.13. The van der Waals surface area contributed by atoms with Gasteiger partial charge in [-0.3, -0.25) is 4.79 Å². The molecule has 0 bridgehead atoms. The highest BCUT2D eigenvalue weighted by Crippen LogP contribution is 2.40. The van der Waals surface area contributed by atoms with Gasteiger partial charge >= 0.3 is 12.4 Å². The van der Waals surface area contributed by atoms with Crippen molar-refractivity contribution in [1.82, 2.24) is 0 Å². The summed E-state index contributed by atoms with van der Waals surface area (Å²) in [4.78, 5) is 12.5. The van der Waals surface area contributed by atoms with E-state index in [2.05, 4.69) is 0 Å². The number of nitrogens with two attached hydrogens (primary N) is 2. The molecule has 2 rings (SSSR count). The molecule has 0 radical (unpaired) electrons. The van der Waals surface area contributed by atoms with Crippen molar-refractivity contribution in [2.45, 2.75) is 12.4 Å². The van der Waals surface area contributed by atoms with Crippen LogP contribution in [0.25, 0.3) is 0 Å². The highest BCUT2D eigenvalue weighted by molar-refractivity contribution is 6.32. The van der Waals surface area contributed by atoms with Crippen LogP contribution in [0.5, 0.6) is 0 Å². The highest BCUT2D eigenvalue weighted by atomic mass is 35.5. The Morgan fingerprint density at radius 1 is 0.731 bits per heavy atom. The lowest BCUT2D eigenvalue weighted by Gasteiger charge is -2.17. The van der Waals surface area contributed by atoms with Crippen LogP contribution in [0.1, 0.15) is 27.0 Å². The van der Waals surface area contributed by atoms with E-state index in [0.29, 0.717) is 12.1 Å². The molecular formula is C15H8Cl2F6N2O. The predicted octanol–water partition coefficient (Wildman–Crippen LogP) is 5.43. The number of hydrogen-bond acceptors (Lipinski definition) is 3. The number of rotatable bonds is 2. The summed E-state index contributed by atoms with van der Waals surface area (Å²) in [5.41, 5.74) is 4.53. The first-order valence-corrected chi connectivity index (χ1v) is 7.36. The largest absolute Gasteiger partial charge is 0.418 e. The van der Waals surface area contributed by atoms with E-state index in [0.717, 1.165) is 12.1 Å². The molecule has 0 atom stereocenters. The highest BCUT2D eigenvalue weighted by Gasteiger charge is 2.37. The minimum absolute atomic E-state index is 0.480. The molecule has 0 heterocycles. The van der Waals surface area contributed by atoms with Crippen molar-refractivity contribution in [2.75, 3.05) is 11.5 Å². The lowest BCUT2D eigenvalue weighted by atomic mass is 9.95. The van der Waals surface area contributed by atoms with Gasteiger partial charge in [0.05, 0.1) is 22.5 Å². The number of nitrogen functional groups attached to an aromatic ring is 2. The first-order valence-electron chi connectivity index (χ1n) is 6.60. The third kappa shape index (κ3) is 3.83. The third-order valence-corrected chi connectivity index (χ3v) is 3.83. The van der Waals surface area contributed by atoms with Gasteiger partial charge in [0, 0.05) is 21.2 Å². The van der Waals surface area contributed by atoms with E-state index in [1.165, 1.54) is 0 Å². The van der Waals surface area contributed by atoms with E-state index < -0.39 is 61.8 Å². The molecule has 140 valence electrons. The third-order valence-electron chi connectivity index (χ3n) is 3.39. The maximum atomic E-state index is 13.0. The Kier molecular flexibility index (Phi) is 5.08. The average Bonchev–Trinajstić information content (AvgIpc) is 2.48. The van der Waals surface area contributed by atoms with Crippen molar-refractivity contribution in [3.63, 3.8) is 0 Å². The zero-order valence-electron chi connectivity index (χ0n) is 12.4. The molecule has 2 aromatic carbocycles. The summed E-state index contributed by atoms with van der Waals surface area (Å²) in [6.45, 7) is 0. The van der Waals surface area contributed by atoms with Gasteiger partial charge < -0.3 is 11.5 Å². The fourth-order valence-corrected chi connectivity index (χ4v) is 2.66. The molecule has 0 unspecified atom stereocenters. The second-order valence-corrected chi connectivity index (χ2v) is 6.03. The van der Waals surface area contributed by atoms with Crippen LogP contribution in [0.4, 0.5) is 37.7 Å². The molecule has 0 saturated carbocycles. The number of hydrogen-bond donors (Lipinski definition) is 2. The fraction of sp³-hybridized carbons (Fsp3) is 0.133. The lowest BCUT2D eigenvalue weighted by Crippen LogP contribution is -2.17. The summed E-state index contributed by atoms with van der Waals surface area (Å²) >= 11 is 11.2. The number of ketones is 1. The van der Waals surface area contributed by atoms with E-state index in [1.807, 2.05) is 0 Å². The summed E-state index contributed by atoms with van der Waals surface area (Å²) in [7, 11) is 0. The quantitative estimate of drug-likeness (QED) is 0.389. The summed E-state index contributed by atoms with van der Waals surface area (Å²) in [5.74, 6) is -1.28. The molecule has 0 saturated heterocycles. The van der Waals surface area contributed by atoms with Crippen molar-refractivity contribution in [2.24, 2.45) is 0 Å². The summed E-state index contributed by atoms with van der Waals surface area (Å²) in [6, 6.07) is 2.61. The first-order chi connectivity index (χ1) is 11.7. The molecule has 0 aliphatic carbocycles. The SMILES string of the molecule is Nc1c(C(=O)c2cc(Cl)cc(C(F)(F)F)c2N)cc(Cl)cc1C(F)(F)F. The predicted molar refractivity (Wildman–Crippen MR) is 85.2 cm³/mol. The fourth-order valence-electron chi connectivity index (χ4n) is 2.23. The number of carbonyl (C=O) groups is 1. The van der Waals surface area contributed by atoms with Crippen LogP contribution >= 0.6 is 23.2 Å². The van der Waals surface area contributed by atoms with Crippen molar-refractivity contribution >= 4 is 40.4 Å². The van der Waals surface area contributed by atoms with Gasteiger partial charge in [-0.25, -0.2) is 0 Å². The van der Waals surface area contributed by atoms with Crippen LogP contribution in [0, 0.1) is 0 Å². The van der Waals surface area contributed by atoms with Crippen molar-refractivity contribution in [3.8, 4) is 0 Å². The summed E-state index contributed by atoms with van der Waals surface area (Å²) in [6.07, 6.45) is -9.86. The van der Waals surface area contributed by atoms with Gasteiger partial charge in [0.1, 0.15) is 0 Å². The molecule has 26 heavy (non-hydrogen) atoms. The molecule has 2 aromatic rings. The van der Waals surface area contributed by atoms with Gasteiger partial charge in [-0.1, -0.05) is 23.2 Å². The maximum absolute atomic E-state index is 13.0. The number of benzene rings is 2. The molecular weight excluding hydrogens is 409 g/mol. The van der Waals surface area contributed by atoms with Gasteiger partial charge in [0.15, 0.2) is 5.78 Å². The monoisotopic (exact) mass is 416 g/mol. The Labute approximate surface area is 152 Å². The number of alkyl halides is 6. The molecule has 0 aromatic heterocycles. The molecule has 4 N–H and O–H groups in total. The minimum Gasteiger partial charge on any atom is -0.398 e. The first kappa shape index (κ1) is 20.2. The maximum Gasteiger partial charge on any atom is 0.418 e.